The first-order chi connectivity index (χ1) is 32.7. The molecular weight excluding hydrogens is 953 g/mol. The summed E-state index contributed by atoms with van der Waals surface area (Å²) in [5.74, 6) is 1.26. The summed E-state index contributed by atoms with van der Waals surface area (Å²) in [5, 5.41) is 9.01. The number of benzene rings is 3. The fourth-order valence-electron chi connectivity index (χ4n) is 10.7. The van der Waals surface area contributed by atoms with Gasteiger partial charge in [0.1, 0.15) is 23.1 Å². The van der Waals surface area contributed by atoms with Crippen molar-refractivity contribution in [2.45, 2.75) is 64.5 Å². The van der Waals surface area contributed by atoms with Crippen LogP contribution in [0.5, 0.6) is 5.75 Å². The highest BCUT2D eigenvalue weighted by Gasteiger charge is 2.46. The third-order valence-electron chi connectivity index (χ3n) is 14.2. The number of aromatic nitrogens is 4. The number of nitrogens with one attached hydrogen (secondary N) is 4. The van der Waals surface area contributed by atoms with Crippen LogP contribution in [0.3, 0.4) is 0 Å². The van der Waals surface area contributed by atoms with Gasteiger partial charge >= 0.3 is 0 Å². The lowest BCUT2D eigenvalue weighted by Gasteiger charge is -2.55. The van der Waals surface area contributed by atoms with Gasteiger partial charge in [-0.15, -0.1) is 0 Å². The van der Waals surface area contributed by atoms with Crippen LogP contribution in [0.2, 0.25) is 0 Å². The number of anilines is 7. The average molecular weight is 1010 g/mol. The van der Waals surface area contributed by atoms with Crippen molar-refractivity contribution in [2.24, 2.45) is 11.3 Å². The van der Waals surface area contributed by atoms with Crippen molar-refractivity contribution in [2.75, 3.05) is 84.3 Å². The van der Waals surface area contributed by atoms with E-state index in [1.165, 1.54) is 17.4 Å². The predicted molar refractivity (Wildman–Crippen MR) is 264 cm³/mol. The number of amides is 3. The molecule has 5 aromatic rings. The number of carbonyl (C=O) groups is 3. The third kappa shape index (κ3) is 9.24. The van der Waals surface area contributed by atoms with Gasteiger partial charge in [-0.3, -0.25) is 34.4 Å². The highest BCUT2D eigenvalue weighted by molar-refractivity contribution is 9.10. The van der Waals surface area contributed by atoms with Gasteiger partial charge in [-0.25, -0.2) is 13.4 Å². The monoisotopic (exact) mass is 1010 g/mol. The zero-order valence-corrected chi connectivity index (χ0v) is 40.8. The second-order valence-corrected chi connectivity index (χ2v) is 21.4. The molecule has 4 fully saturated rings. The van der Waals surface area contributed by atoms with Gasteiger partial charge in [0.2, 0.25) is 27.8 Å². The normalized spacial score (nSPS) is 19.8. The quantitative estimate of drug-likeness (QED) is 0.0971. The maximum Gasteiger partial charge on any atom is 0.255 e. The van der Waals surface area contributed by atoms with Gasteiger partial charge in [-0.05, 0) is 113 Å². The van der Waals surface area contributed by atoms with Crippen molar-refractivity contribution >= 4 is 94.9 Å². The summed E-state index contributed by atoms with van der Waals surface area (Å²) in [6.07, 6.45) is 11.8. The Kier molecular flexibility index (Phi) is 12.4. The highest BCUT2D eigenvalue weighted by atomic mass is 79.9. The minimum atomic E-state index is -3.65. The summed E-state index contributed by atoms with van der Waals surface area (Å²) < 4.78 is 33.8. The van der Waals surface area contributed by atoms with Gasteiger partial charge in [0.05, 0.1) is 40.4 Å². The van der Waals surface area contributed by atoms with Crippen LogP contribution in [0.1, 0.15) is 66.9 Å². The third-order valence-corrected chi connectivity index (χ3v) is 15.4. The zero-order chi connectivity index (χ0) is 47.3. The predicted octanol–water partition coefficient (Wildman–Crippen LogP) is 6.19. The van der Waals surface area contributed by atoms with Gasteiger partial charge in [-0.2, -0.15) is 4.98 Å². The number of rotatable bonds is 13. The number of hydrogen-bond donors (Lipinski definition) is 4. The highest BCUT2D eigenvalue weighted by Crippen LogP contribution is 2.45. The van der Waals surface area contributed by atoms with Crippen LogP contribution < -0.4 is 35.2 Å². The lowest BCUT2D eigenvalue weighted by atomic mass is 9.71. The first kappa shape index (κ1) is 45.7. The van der Waals surface area contributed by atoms with Crippen LogP contribution in [-0.4, -0.2) is 121 Å². The molecule has 3 amide bonds. The Morgan fingerprint density at radius 2 is 1.69 bits per heavy atom. The molecule has 3 aromatic carbocycles. The lowest BCUT2D eigenvalue weighted by molar-refractivity contribution is -0.136. The van der Waals surface area contributed by atoms with Gasteiger partial charge in [-0.1, -0.05) is 6.92 Å². The van der Waals surface area contributed by atoms with Crippen molar-refractivity contribution in [1.29, 1.82) is 0 Å². The molecule has 2 aromatic heterocycles. The fourth-order valence-corrected chi connectivity index (χ4v) is 11.6. The lowest BCUT2D eigenvalue weighted by Crippen LogP contribution is -2.61. The number of halogens is 1. The molecule has 5 aliphatic rings. The van der Waals surface area contributed by atoms with E-state index in [0.29, 0.717) is 68.6 Å². The summed E-state index contributed by atoms with van der Waals surface area (Å²) in [7, 11) is -1.98. The largest absolute Gasteiger partial charge is 0.494 e. The summed E-state index contributed by atoms with van der Waals surface area (Å²) in [4.78, 5) is 64.6. The number of ether oxygens (including phenoxy) is 1. The first-order valence-electron chi connectivity index (χ1n) is 23.2. The number of carbonyl (C=O) groups excluding carboxylic acids is 3. The molecule has 0 saturated carbocycles. The molecule has 4 saturated heterocycles. The molecule has 356 valence electrons. The second-order valence-electron chi connectivity index (χ2n) is 18.8. The molecule has 5 aliphatic heterocycles. The van der Waals surface area contributed by atoms with E-state index >= 15 is 0 Å². The molecule has 68 heavy (non-hydrogen) atoms. The van der Waals surface area contributed by atoms with Crippen LogP contribution >= 0.6 is 15.9 Å². The van der Waals surface area contributed by atoms with Crippen molar-refractivity contribution in [3.63, 3.8) is 0 Å². The summed E-state index contributed by atoms with van der Waals surface area (Å²) in [6.45, 7) is 9.89. The summed E-state index contributed by atoms with van der Waals surface area (Å²) in [5.41, 5.74) is 7.82. The van der Waals surface area contributed by atoms with Gasteiger partial charge in [0.25, 0.3) is 5.91 Å². The number of hydrogen-bond acceptors (Lipinski definition) is 15. The molecular formula is C48H55BrN12O6S. The van der Waals surface area contributed by atoms with E-state index in [1.54, 1.807) is 36.5 Å². The molecule has 0 bridgehead atoms. The van der Waals surface area contributed by atoms with E-state index in [9.17, 15) is 22.8 Å². The fraction of sp³-hybridized carbons (Fsp3) is 0.438. The molecule has 20 heteroatoms. The molecule has 0 aliphatic carbocycles. The Labute approximate surface area is 403 Å². The Morgan fingerprint density at radius 3 is 2.43 bits per heavy atom. The van der Waals surface area contributed by atoms with E-state index in [4.69, 9.17) is 9.72 Å². The number of imide groups is 1. The van der Waals surface area contributed by atoms with Crippen molar-refractivity contribution in [3.8, 4) is 5.75 Å². The summed E-state index contributed by atoms with van der Waals surface area (Å²) in [6, 6.07) is 13.2. The van der Waals surface area contributed by atoms with Gasteiger partial charge < -0.3 is 35.0 Å². The number of piperidine rings is 3. The Hall–Kier alpha value is -6.12. The number of sulfonamides is 1. The number of fused-ring (bicyclic) bond motifs is 2. The Morgan fingerprint density at radius 1 is 0.912 bits per heavy atom. The molecule has 4 N–H and O–H groups in total. The van der Waals surface area contributed by atoms with E-state index in [0.717, 1.165) is 101 Å². The molecule has 1 spiro atoms. The molecule has 0 radical (unpaired) electrons. The number of methoxy groups -OCH3 is 1. The molecule has 18 nitrogen and oxygen atoms in total. The van der Waals surface area contributed by atoms with Gasteiger partial charge in [0, 0.05) is 100 Å². The number of likely N-dealkylation sites (tertiary alicyclic amines) is 1. The smallest absolute Gasteiger partial charge is 0.255 e. The van der Waals surface area contributed by atoms with E-state index in [1.807, 2.05) is 12.1 Å². The maximum atomic E-state index is 13.2. The number of aryl methyl sites for hydroxylation is 1. The van der Waals surface area contributed by atoms with Crippen molar-refractivity contribution in [1.82, 2.24) is 35.1 Å². The maximum absolute atomic E-state index is 13.2. The standard InChI is InChI=1S/C48H55BrN12O6S/c1-4-30-22-37(54-47-52-24-34(49)44(56-47)53-36-8-7-35-42(51-16-15-50-35)43(36)57-68(3,65)66)40(67-2)23-39(30)60-19-13-48(14-20-60)27-58(28-48)25-29-11-17-59(18-12-29)32-5-6-33-31(21-32)26-61(46(33)64)38-9-10-41(62)55-45(38)63/h5-8,15-16,21-24,29,38,57H,4,9-14,17-20,25-28H2,1-3H3,(H,55,62,63)(H2,52,53,54,56). The molecule has 10 rings (SSSR count). The van der Waals surface area contributed by atoms with Crippen molar-refractivity contribution < 1.29 is 27.5 Å². The van der Waals surface area contributed by atoms with Gasteiger partial charge in [0.15, 0.2) is 0 Å². The molecule has 1 atom stereocenters. The Bertz CT molecular complexity index is 2920. The van der Waals surface area contributed by atoms with E-state index < -0.39 is 16.1 Å². The topological polar surface area (TPSA) is 207 Å². The van der Waals surface area contributed by atoms with E-state index in [2.05, 4.69) is 91.4 Å². The minimum Gasteiger partial charge on any atom is -0.494 e. The Balaban J connectivity index is 0.728. The molecule has 1 unspecified atom stereocenters. The zero-order valence-electron chi connectivity index (χ0n) is 38.3. The molecule has 7 heterocycles. The SMILES string of the molecule is CCc1cc(Nc2ncc(Br)c(Nc3ccc4nccnc4c3NS(C)(=O)=O)n2)c(OC)cc1N1CCC2(CC1)CN(CC1CCN(c3ccc4c(c3)CN(C3CCC(=O)NC3=O)C4=O)CC1)C2. The minimum absolute atomic E-state index is 0.134. The average Bonchev–Trinajstić information content (AvgIpc) is 3.64. The van der Waals surface area contributed by atoms with Crippen LogP contribution in [0.25, 0.3) is 11.0 Å². The van der Waals surface area contributed by atoms with Crippen LogP contribution in [0.15, 0.2) is 65.5 Å². The summed E-state index contributed by atoms with van der Waals surface area (Å²) >= 11 is 3.55. The van der Waals surface area contributed by atoms with Crippen LogP contribution in [-0.2, 0) is 32.6 Å². The van der Waals surface area contributed by atoms with Crippen LogP contribution in [0, 0.1) is 11.3 Å². The number of nitrogens with zero attached hydrogens (tertiary/aromatic N) is 8. The van der Waals surface area contributed by atoms with Crippen molar-refractivity contribution in [3.05, 3.63) is 82.2 Å². The van der Waals surface area contributed by atoms with Crippen LogP contribution in [0.4, 0.5) is 40.2 Å². The first-order valence-corrected chi connectivity index (χ1v) is 25.9. The second kappa shape index (κ2) is 18.4. The van der Waals surface area contributed by atoms with E-state index in [-0.39, 0.29) is 29.8 Å².